The zero-order chi connectivity index (χ0) is 14.9. The molecule has 20 heavy (non-hydrogen) atoms. The quantitative estimate of drug-likeness (QED) is 0.861. The molecule has 0 aliphatic heterocycles. The van der Waals surface area contributed by atoms with Crippen molar-refractivity contribution in [3.8, 4) is 11.3 Å². The first-order chi connectivity index (χ1) is 9.43. The van der Waals surface area contributed by atoms with E-state index in [4.69, 9.17) is 0 Å². The van der Waals surface area contributed by atoms with E-state index < -0.39 is 0 Å². The molecule has 0 saturated carbocycles. The Hall–Kier alpha value is -2.10. The molecule has 0 radical (unpaired) electrons. The molecule has 1 aromatic carbocycles. The van der Waals surface area contributed by atoms with Crippen molar-refractivity contribution in [1.29, 1.82) is 0 Å². The topological polar surface area (TPSA) is 38.1 Å². The number of carbonyl (C=O) groups is 1. The fourth-order valence-electron chi connectivity index (χ4n) is 2.33. The second-order valence-corrected chi connectivity index (χ2v) is 5.28. The van der Waals surface area contributed by atoms with Gasteiger partial charge in [0.25, 0.3) is 0 Å². The minimum absolute atomic E-state index is 0.0511. The van der Waals surface area contributed by atoms with Gasteiger partial charge in [0.15, 0.2) is 0 Å². The first kappa shape index (κ1) is 14.3. The Bertz CT molecular complexity index is 614. The van der Waals surface area contributed by atoms with Gasteiger partial charge in [-0.25, -0.2) is 0 Å². The lowest BCUT2D eigenvalue weighted by molar-refractivity contribution is -0.132. The van der Waals surface area contributed by atoms with Gasteiger partial charge in [0.2, 0.25) is 5.91 Å². The third-order valence-corrected chi connectivity index (χ3v) is 3.66. The predicted molar refractivity (Wildman–Crippen MR) is 80.5 cm³/mol. The van der Waals surface area contributed by atoms with Crippen LogP contribution in [0.3, 0.4) is 0 Å². The van der Waals surface area contributed by atoms with Gasteiger partial charge in [0, 0.05) is 25.4 Å². The minimum atomic E-state index is -0.291. The largest absolute Gasteiger partial charge is 0.347 e. The molecule has 0 bridgehead atoms. The van der Waals surface area contributed by atoms with Gasteiger partial charge >= 0.3 is 0 Å². The van der Waals surface area contributed by atoms with Gasteiger partial charge in [-0.05, 0) is 26.3 Å². The van der Waals surface area contributed by atoms with Gasteiger partial charge in [-0.15, -0.1) is 0 Å². The number of likely N-dealkylation sites (N-methyl/N-ethyl adjacent to an activating group) is 1. The summed E-state index contributed by atoms with van der Waals surface area (Å²) in [5.41, 5.74) is 4.18. The number of benzene rings is 1. The number of hydrogen-bond donors (Lipinski definition) is 0. The molecule has 4 nitrogen and oxygen atoms in total. The highest BCUT2D eigenvalue weighted by molar-refractivity contribution is 5.79. The monoisotopic (exact) mass is 271 g/mol. The Balaban J connectivity index is 2.46. The molecule has 1 aromatic heterocycles. The Kier molecular flexibility index (Phi) is 3.93. The first-order valence-electron chi connectivity index (χ1n) is 6.75. The first-order valence-corrected chi connectivity index (χ1v) is 6.75. The summed E-state index contributed by atoms with van der Waals surface area (Å²) in [5.74, 6) is 0.0511. The summed E-state index contributed by atoms with van der Waals surface area (Å²) in [7, 11) is 3.53. The van der Waals surface area contributed by atoms with E-state index in [2.05, 4.69) is 5.10 Å². The van der Waals surface area contributed by atoms with Crippen LogP contribution in [0.4, 0.5) is 0 Å². The summed E-state index contributed by atoms with van der Waals surface area (Å²) in [6.07, 6.45) is 0. The van der Waals surface area contributed by atoms with Crippen LogP contribution in [0.15, 0.2) is 30.3 Å². The SMILES string of the molecule is Cc1c(-c2ccccc2)nn(C(C)C(=O)N(C)C)c1C. The third kappa shape index (κ3) is 2.46. The number of aromatic nitrogens is 2. The highest BCUT2D eigenvalue weighted by Crippen LogP contribution is 2.26. The van der Waals surface area contributed by atoms with Crippen LogP contribution < -0.4 is 0 Å². The van der Waals surface area contributed by atoms with Crippen LogP contribution in [-0.2, 0) is 4.79 Å². The van der Waals surface area contributed by atoms with Gasteiger partial charge in [0.05, 0.1) is 5.69 Å². The number of amides is 1. The summed E-state index contributed by atoms with van der Waals surface area (Å²) in [6.45, 7) is 5.94. The van der Waals surface area contributed by atoms with Crippen LogP contribution in [-0.4, -0.2) is 34.7 Å². The maximum absolute atomic E-state index is 12.1. The number of hydrogen-bond acceptors (Lipinski definition) is 2. The fraction of sp³-hybridized carbons (Fsp3) is 0.375. The van der Waals surface area contributed by atoms with E-state index in [-0.39, 0.29) is 11.9 Å². The normalized spacial score (nSPS) is 12.2. The lowest BCUT2D eigenvalue weighted by Crippen LogP contribution is -2.30. The standard InChI is InChI=1S/C16H21N3O/c1-11-12(2)19(13(3)16(20)18(4)5)17-15(11)14-9-7-6-8-10-14/h6-10,13H,1-5H3. The Morgan fingerprint density at radius 1 is 1.20 bits per heavy atom. The molecular formula is C16H21N3O. The lowest BCUT2D eigenvalue weighted by Gasteiger charge is -2.18. The Labute approximate surface area is 120 Å². The van der Waals surface area contributed by atoms with E-state index in [0.29, 0.717) is 0 Å². The smallest absolute Gasteiger partial charge is 0.246 e. The molecule has 4 heteroatoms. The van der Waals surface area contributed by atoms with Crippen LogP contribution in [0.1, 0.15) is 24.2 Å². The highest BCUT2D eigenvalue weighted by atomic mass is 16.2. The number of rotatable bonds is 3. The Morgan fingerprint density at radius 3 is 2.35 bits per heavy atom. The molecule has 1 heterocycles. The summed E-state index contributed by atoms with van der Waals surface area (Å²) in [6, 6.07) is 9.77. The van der Waals surface area contributed by atoms with Crippen LogP contribution >= 0.6 is 0 Å². The van der Waals surface area contributed by atoms with Crippen LogP contribution in [0.2, 0.25) is 0 Å². The molecular weight excluding hydrogens is 250 g/mol. The van der Waals surface area contributed by atoms with Crippen molar-refractivity contribution in [2.75, 3.05) is 14.1 Å². The maximum Gasteiger partial charge on any atom is 0.246 e. The van der Waals surface area contributed by atoms with Crippen molar-refractivity contribution in [3.63, 3.8) is 0 Å². The van der Waals surface area contributed by atoms with Gasteiger partial charge in [-0.3, -0.25) is 9.48 Å². The van der Waals surface area contributed by atoms with Crippen molar-refractivity contribution in [1.82, 2.24) is 14.7 Å². The van der Waals surface area contributed by atoms with E-state index in [1.54, 1.807) is 19.0 Å². The van der Waals surface area contributed by atoms with E-state index in [1.807, 2.05) is 55.8 Å². The molecule has 0 aliphatic carbocycles. The van der Waals surface area contributed by atoms with E-state index in [9.17, 15) is 4.79 Å². The average molecular weight is 271 g/mol. The average Bonchev–Trinajstić information content (AvgIpc) is 2.75. The molecule has 0 N–H and O–H groups in total. The number of nitrogens with zero attached hydrogens (tertiary/aromatic N) is 3. The van der Waals surface area contributed by atoms with Gasteiger partial charge in [-0.1, -0.05) is 30.3 Å². The lowest BCUT2D eigenvalue weighted by atomic mass is 10.1. The zero-order valence-electron chi connectivity index (χ0n) is 12.7. The van der Waals surface area contributed by atoms with Gasteiger partial charge in [0.1, 0.15) is 6.04 Å². The fourth-order valence-corrected chi connectivity index (χ4v) is 2.33. The van der Waals surface area contributed by atoms with E-state index in [0.717, 1.165) is 22.5 Å². The van der Waals surface area contributed by atoms with Gasteiger partial charge < -0.3 is 4.90 Å². The Morgan fingerprint density at radius 2 is 1.80 bits per heavy atom. The molecule has 2 rings (SSSR count). The zero-order valence-corrected chi connectivity index (χ0v) is 12.7. The number of carbonyl (C=O) groups excluding carboxylic acids is 1. The molecule has 1 unspecified atom stereocenters. The molecule has 0 aliphatic rings. The third-order valence-electron chi connectivity index (χ3n) is 3.66. The van der Waals surface area contributed by atoms with E-state index >= 15 is 0 Å². The van der Waals surface area contributed by atoms with Crippen molar-refractivity contribution in [2.45, 2.75) is 26.8 Å². The van der Waals surface area contributed by atoms with Crippen LogP contribution in [0, 0.1) is 13.8 Å². The van der Waals surface area contributed by atoms with Crippen molar-refractivity contribution >= 4 is 5.91 Å². The summed E-state index contributed by atoms with van der Waals surface area (Å²) in [5, 5.41) is 4.65. The summed E-state index contributed by atoms with van der Waals surface area (Å²) >= 11 is 0. The second kappa shape index (κ2) is 5.49. The van der Waals surface area contributed by atoms with Crippen molar-refractivity contribution in [2.24, 2.45) is 0 Å². The van der Waals surface area contributed by atoms with Crippen molar-refractivity contribution in [3.05, 3.63) is 41.6 Å². The minimum Gasteiger partial charge on any atom is -0.347 e. The second-order valence-electron chi connectivity index (χ2n) is 5.28. The van der Waals surface area contributed by atoms with Crippen LogP contribution in [0.5, 0.6) is 0 Å². The van der Waals surface area contributed by atoms with Crippen molar-refractivity contribution < 1.29 is 4.79 Å². The molecule has 0 saturated heterocycles. The molecule has 1 amide bonds. The maximum atomic E-state index is 12.1. The molecule has 0 spiro atoms. The molecule has 1 atom stereocenters. The highest BCUT2D eigenvalue weighted by Gasteiger charge is 2.22. The summed E-state index contributed by atoms with van der Waals surface area (Å²) < 4.78 is 1.82. The van der Waals surface area contributed by atoms with E-state index in [1.165, 1.54) is 0 Å². The molecule has 2 aromatic rings. The van der Waals surface area contributed by atoms with Crippen LogP contribution in [0.25, 0.3) is 11.3 Å². The van der Waals surface area contributed by atoms with Gasteiger partial charge in [-0.2, -0.15) is 5.10 Å². The molecule has 106 valence electrons. The predicted octanol–water partition coefficient (Wildman–Crippen LogP) is 2.82. The summed E-state index contributed by atoms with van der Waals surface area (Å²) in [4.78, 5) is 13.7. The molecule has 0 fully saturated rings.